The topological polar surface area (TPSA) is 92.8 Å². The van der Waals surface area contributed by atoms with E-state index in [0.717, 1.165) is 51.4 Å². The summed E-state index contributed by atoms with van der Waals surface area (Å²) in [6, 6.07) is 5.90. The van der Waals surface area contributed by atoms with Crippen LogP contribution in [0.5, 0.6) is 0 Å². The van der Waals surface area contributed by atoms with Gasteiger partial charge in [-0.2, -0.15) is 4.31 Å². The summed E-state index contributed by atoms with van der Waals surface area (Å²) in [5.41, 5.74) is 0.229. The molecule has 30 heavy (non-hydrogen) atoms. The Bertz CT molecular complexity index is 806. The van der Waals surface area contributed by atoms with Crippen LogP contribution in [0.4, 0.5) is 0 Å². The maximum absolute atomic E-state index is 12.8. The van der Waals surface area contributed by atoms with Crippen LogP contribution in [0, 0.1) is 0 Å². The first-order valence-corrected chi connectivity index (χ1v) is 12.5. The lowest BCUT2D eigenvalue weighted by Gasteiger charge is -2.20. The third-order valence-electron chi connectivity index (χ3n) is 5.85. The molecule has 0 unspecified atom stereocenters. The molecule has 1 saturated carbocycles. The Hall–Kier alpha value is -1.93. The van der Waals surface area contributed by atoms with Crippen LogP contribution in [0.25, 0.3) is 0 Å². The standard InChI is InChI=1S/C22H32N2O5S/c25-21(23-19-9-5-1-2-6-10-19)17-29-22(26)18-11-13-20(14-12-18)30(27,28)24-15-7-3-4-8-16-24/h11-14,19H,1-10,15-17H2,(H,23,25). The van der Waals surface area contributed by atoms with E-state index < -0.39 is 16.0 Å². The third-order valence-corrected chi connectivity index (χ3v) is 7.76. The molecule has 3 rings (SSSR count). The van der Waals surface area contributed by atoms with E-state index in [2.05, 4.69) is 5.32 Å². The van der Waals surface area contributed by atoms with Gasteiger partial charge in [-0.15, -0.1) is 0 Å². The van der Waals surface area contributed by atoms with Gasteiger partial charge in [0.2, 0.25) is 10.0 Å². The van der Waals surface area contributed by atoms with E-state index in [4.69, 9.17) is 4.74 Å². The summed E-state index contributed by atoms with van der Waals surface area (Å²) in [5.74, 6) is -0.930. The van der Waals surface area contributed by atoms with E-state index in [1.54, 1.807) is 0 Å². The molecule has 1 N–H and O–H groups in total. The van der Waals surface area contributed by atoms with E-state index in [1.807, 2.05) is 0 Å². The number of carbonyl (C=O) groups is 2. The van der Waals surface area contributed by atoms with Gasteiger partial charge in [0.25, 0.3) is 5.91 Å². The minimum absolute atomic E-state index is 0.155. The van der Waals surface area contributed by atoms with Crippen LogP contribution in [-0.2, 0) is 19.6 Å². The number of rotatable bonds is 6. The molecular formula is C22H32N2O5S. The van der Waals surface area contributed by atoms with E-state index in [9.17, 15) is 18.0 Å². The van der Waals surface area contributed by atoms with Gasteiger partial charge in [-0.05, 0) is 49.9 Å². The fourth-order valence-corrected chi connectivity index (χ4v) is 5.62. The van der Waals surface area contributed by atoms with Crippen LogP contribution in [-0.4, -0.2) is 50.3 Å². The Morgan fingerprint density at radius 3 is 2.07 bits per heavy atom. The second-order valence-electron chi connectivity index (χ2n) is 8.17. The lowest BCUT2D eigenvalue weighted by molar-refractivity contribution is -0.125. The molecule has 7 nitrogen and oxygen atoms in total. The lowest BCUT2D eigenvalue weighted by atomic mass is 10.1. The minimum atomic E-state index is -3.56. The number of benzene rings is 1. The molecule has 1 amide bonds. The highest BCUT2D eigenvalue weighted by Gasteiger charge is 2.25. The van der Waals surface area contributed by atoms with Crippen molar-refractivity contribution in [2.24, 2.45) is 0 Å². The first-order chi connectivity index (χ1) is 14.5. The van der Waals surface area contributed by atoms with Gasteiger partial charge in [0.1, 0.15) is 0 Å². The van der Waals surface area contributed by atoms with E-state index in [1.165, 1.54) is 41.4 Å². The maximum Gasteiger partial charge on any atom is 0.338 e. The fourth-order valence-electron chi connectivity index (χ4n) is 4.10. The summed E-state index contributed by atoms with van der Waals surface area (Å²) in [5, 5.41) is 2.94. The maximum atomic E-state index is 12.8. The van der Waals surface area contributed by atoms with Crippen LogP contribution in [0.2, 0.25) is 0 Å². The molecule has 1 aromatic carbocycles. The van der Waals surface area contributed by atoms with Crippen molar-refractivity contribution in [3.63, 3.8) is 0 Å². The third kappa shape index (κ3) is 6.28. The fraction of sp³-hybridized carbons (Fsp3) is 0.636. The number of ether oxygens (including phenoxy) is 1. The van der Waals surface area contributed by atoms with Gasteiger partial charge in [0, 0.05) is 19.1 Å². The number of nitrogens with zero attached hydrogens (tertiary/aromatic N) is 1. The van der Waals surface area contributed by atoms with Crippen LogP contribution in [0.3, 0.4) is 0 Å². The Morgan fingerprint density at radius 2 is 1.47 bits per heavy atom. The molecule has 166 valence electrons. The van der Waals surface area contributed by atoms with E-state index in [0.29, 0.717) is 13.1 Å². The first-order valence-electron chi connectivity index (χ1n) is 11.0. The Morgan fingerprint density at radius 1 is 0.900 bits per heavy atom. The van der Waals surface area contributed by atoms with Crippen molar-refractivity contribution in [2.45, 2.75) is 75.1 Å². The summed E-state index contributed by atoms with van der Waals surface area (Å²) >= 11 is 0. The van der Waals surface area contributed by atoms with Crippen molar-refractivity contribution in [3.8, 4) is 0 Å². The van der Waals surface area contributed by atoms with Gasteiger partial charge in [-0.3, -0.25) is 4.79 Å². The van der Waals surface area contributed by atoms with Gasteiger partial charge < -0.3 is 10.1 Å². The van der Waals surface area contributed by atoms with Gasteiger partial charge in [-0.1, -0.05) is 38.5 Å². The average Bonchev–Trinajstić information content (AvgIpc) is 3.18. The number of esters is 1. The minimum Gasteiger partial charge on any atom is -0.452 e. The molecule has 1 aliphatic carbocycles. The summed E-state index contributed by atoms with van der Waals surface area (Å²) < 4.78 is 32.2. The summed E-state index contributed by atoms with van der Waals surface area (Å²) in [7, 11) is -3.56. The van der Waals surface area contributed by atoms with Gasteiger partial charge >= 0.3 is 5.97 Å². The largest absolute Gasteiger partial charge is 0.452 e. The molecule has 0 spiro atoms. The second-order valence-corrected chi connectivity index (χ2v) is 10.1. The smallest absolute Gasteiger partial charge is 0.338 e. The number of hydrogen-bond donors (Lipinski definition) is 1. The van der Waals surface area contributed by atoms with Crippen molar-refractivity contribution in [3.05, 3.63) is 29.8 Å². The predicted octanol–water partition coefficient (Wildman–Crippen LogP) is 3.25. The molecular weight excluding hydrogens is 404 g/mol. The lowest BCUT2D eigenvalue weighted by Crippen LogP contribution is -2.37. The van der Waals surface area contributed by atoms with Gasteiger partial charge in [0.05, 0.1) is 10.5 Å². The van der Waals surface area contributed by atoms with Crippen LogP contribution in [0.15, 0.2) is 29.2 Å². The summed E-state index contributed by atoms with van der Waals surface area (Å²) in [6.07, 6.45) is 10.4. The molecule has 1 aliphatic heterocycles. The van der Waals surface area contributed by atoms with Gasteiger partial charge in [0.15, 0.2) is 6.61 Å². The van der Waals surface area contributed by atoms with Crippen molar-refractivity contribution < 1.29 is 22.7 Å². The molecule has 0 aromatic heterocycles. The van der Waals surface area contributed by atoms with Gasteiger partial charge in [-0.25, -0.2) is 13.2 Å². The number of hydrogen-bond acceptors (Lipinski definition) is 5. The van der Waals surface area contributed by atoms with Crippen LogP contribution in [0.1, 0.15) is 74.6 Å². The highest BCUT2D eigenvalue weighted by Crippen LogP contribution is 2.21. The first kappa shape index (κ1) is 22.7. The zero-order valence-electron chi connectivity index (χ0n) is 17.5. The average molecular weight is 437 g/mol. The van der Waals surface area contributed by atoms with Crippen molar-refractivity contribution in [1.29, 1.82) is 0 Å². The van der Waals surface area contributed by atoms with E-state index >= 15 is 0 Å². The summed E-state index contributed by atoms with van der Waals surface area (Å²) in [4.78, 5) is 24.5. The Kier molecular flexibility index (Phi) is 8.27. The number of sulfonamides is 1. The van der Waals surface area contributed by atoms with Crippen molar-refractivity contribution in [2.75, 3.05) is 19.7 Å². The Labute approximate surface area is 179 Å². The summed E-state index contributed by atoms with van der Waals surface area (Å²) in [6.45, 7) is 0.730. The van der Waals surface area contributed by atoms with Crippen molar-refractivity contribution >= 4 is 21.9 Å². The van der Waals surface area contributed by atoms with Crippen LogP contribution < -0.4 is 5.32 Å². The van der Waals surface area contributed by atoms with E-state index in [-0.39, 0.29) is 29.0 Å². The monoisotopic (exact) mass is 436 g/mol. The number of nitrogens with one attached hydrogen (secondary N) is 1. The molecule has 1 saturated heterocycles. The molecule has 0 radical (unpaired) electrons. The SMILES string of the molecule is O=C(COC(=O)c1ccc(S(=O)(=O)N2CCCCCC2)cc1)NC1CCCCCC1. The normalized spacial score (nSPS) is 19.5. The molecule has 2 aliphatic rings. The number of amides is 1. The molecule has 0 atom stereocenters. The molecule has 0 bridgehead atoms. The molecule has 1 heterocycles. The Balaban J connectivity index is 1.52. The number of carbonyl (C=O) groups excluding carboxylic acids is 2. The quantitative estimate of drug-likeness (QED) is 0.546. The highest BCUT2D eigenvalue weighted by molar-refractivity contribution is 7.89. The van der Waals surface area contributed by atoms with Crippen LogP contribution >= 0.6 is 0 Å². The second kappa shape index (κ2) is 10.9. The van der Waals surface area contributed by atoms with Crippen molar-refractivity contribution in [1.82, 2.24) is 9.62 Å². The molecule has 2 fully saturated rings. The zero-order valence-corrected chi connectivity index (χ0v) is 18.3. The molecule has 1 aromatic rings. The molecule has 8 heteroatoms. The highest BCUT2D eigenvalue weighted by atomic mass is 32.2. The predicted molar refractivity (Wildman–Crippen MR) is 114 cm³/mol. The zero-order chi connectivity index (χ0) is 21.4.